The van der Waals surface area contributed by atoms with Crippen molar-refractivity contribution in [3.05, 3.63) is 46.5 Å². The summed E-state index contributed by atoms with van der Waals surface area (Å²) >= 11 is 1.53. The summed E-state index contributed by atoms with van der Waals surface area (Å²) in [7, 11) is 0. The molecule has 4 nitrogen and oxygen atoms in total. The maximum atomic E-state index is 12.0. The van der Waals surface area contributed by atoms with Gasteiger partial charge in [0.1, 0.15) is 0 Å². The van der Waals surface area contributed by atoms with E-state index in [0.717, 1.165) is 18.4 Å². The van der Waals surface area contributed by atoms with Gasteiger partial charge >= 0.3 is 0 Å². The molecule has 20 heavy (non-hydrogen) atoms. The van der Waals surface area contributed by atoms with E-state index in [9.17, 15) is 4.79 Å². The van der Waals surface area contributed by atoms with Crippen molar-refractivity contribution in [2.75, 3.05) is 5.32 Å². The molecule has 108 valence electrons. The van der Waals surface area contributed by atoms with E-state index >= 15 is 0 Å². The zero-order valence-corrected chi connectivity index (χ0v) is 12.9. The highest BCUT2D eigenvalue weighted by Crippen LogP contribution is 2.20. The summed E-state index contributed by atoms with van der Waals surface area (Å²) in [5, 5.41) is 3.46. The molecule has 1 aromatic carbocycles. The number of carbonyl (C=O) groups excluding carboxylic acids is 1. The molecule has 0 aliphatic rings. The zero-order valence-electron chi connectivity index (χ0n) is 11.3. The number of amides is 1. The average molecular weight is 312 g/mol. The van der Waals surface area contributed by atoms with Crippen molar-refractivity contribution in [3.8, 4) is 0 Å². The van der Waals surface area contributed by atoms with Gasteiger partial charge in [0.25, 0.3) is 5.91 Å². The van der Waals surface area contributed by atoms with Crippen LogP contribution in [0.2, 0.25) is 0 Å². The van der Waals surface area contributed by atoms with Crippen molar-refractivity contribution in [1.82, 2.24) is 4.98 Å². The molecule has 0 atom stereocenters. The minimum Gasteiger partial charge on any atom is -0.326 e. The van der Waals surface area contributed by atoms with Crippen LogP contribution in [0.15, 0.2) is 30.5 Å². The molecule has 3 N–H and O–H groups in total. The molecule has 0 spiro atoms. The molecule has 0 aliphatic heterocycles. The number of carbonyl (C=O) groups is 1. The number of aromatic nitrogens is 1. The Balaban J connectivity index is 0.00000200. The molecule has 0 unspecified atom stereocenters. The number of nitrogens with two attached hydrogens (primary N) is 1. The van der Waals surface area contributed by atoms with Crippen LogP contribution in [-0.2, 0) is 13.0 Å². The van der Waals surface area contributed by atoms with Crippen LogP contribution < -0.4 is 11.1 Å². The Morgan fingerprint density at radius 1 is 1.35 bits per heavy atom. The van der Waals surface area contributed by atoms with E-state index in [0.29, 0.717) is 17.2 Å². The van der Waals surface area contributed by atoms with Crippen LogP contribution in [0.4, 0.5) is 5.13 Å². The van der Waals surface area contributed by atoms with Gasteiger partial charge in [0, 0.05) is 23.2 Å². The van der Waals surface area contributed by atoms with E-state index in [1.165, 1.54) is 16.2 Å². The first kappa shape index (κ1) is 16.6. The third kappa shape index (κ3) is 4.30. The molecule has 0 saturated carbocycles. The molecule has 2 rings (SSSR count). The second-order valence-electron chi connectivity index (χ2n) is 4.24. The molecule has 0 radical (unpaired) electrons. The lowest BCUT2D eigenvalue weighted by atomic mass is 10.1. The van der Waals surface area contributed by atoms with Crippen LogP contribution in [0.1, 0.15) is 34.1 Å². The molecule has 2 aromatic rings. The number of rotatable bonds is 5. The van der Waals surface area contributed by atoms with Crippen molar-refractivity contribution < 1.29 is 4.79 Å². The quantitative estimate of drug-likeness (QED) is 0.890. The average Bonchev–Trinajstić information content (AvgIpc) is 2.86. The summed E-state index contributed by atoms with van der Waals surface area (Å²) in [6.45, 7) is 2.60. The van der Waals surface area contributed by atoms with Gasteiger partial charge in [0.05, 0.1) is 0 Å². The Morgan fingerprint density at radius 3 is 2.65 bits per heavy atom. The lowest BCUT2D eigenvalue weighted by Crippen LogP contribution is -2.11. The Hall–Kier alpha value is -1.43. The van der Waals surface area contributed by atoms with E-state index in [-0.39, 0.29) is 18.3 Å². The number of benzene rings is 1. The van der Waals surface area contributed by atoms with Gasteiger partial charge in [-0.2, -0.15) is 0 Å². The predicted molar refractivity (Wildman–Crippen MR) is 85.6 cm³/mol. The fraction of sp³-hybridized carbons (Fsp3) is 0.286. The normalized spacial score (nSPS) is 9.90. The molecule has 0 aliphatic carbocycles. The first-order valence-corrected chi connectivity index (χ1v) is 7.09. The fourth-order valence-electron chi connectivity index (χ4n) is 1.69. The minimum absolute atomic E-state index is 0. The standard InChI is InChI=1S/C14H17N3OS.ClH/c1-2-3-12-9-16-14(19-12)17-13(18)11-6-4-10(8-15)5-7-11;/h4-7,9H,2-3,8,15H2,1H3,(H,16,17,18);1H. The lowest BCUT2D eigenvalue weighted by Gasteiger charge is -2.02. The van der Waals surface area contributed by atoms with Gasteiger partial charge < -0.3 is 5.73 Å². The number of halogens is 1. The number of thiazole rings is 1. The first-order chi connectivity index (χ1) is 9.22. The predicted octanol–water partition coefficient (Wildman–Crippen LogP) is 3.23. The summed E-state index contributed by atoms with van der Waals surface area (Å²) in [4.78, 5) is 17.4. The van der Waals surface area contributed by atoms with E-state index in [1.807, 2.05) is 18.3 Å². The highest BCUT2D eigenvalue weighted by molar-refractivity contribution is 7.15. The summed E-state index contributed by atoms with van der Waals surface area (Å²) in [6.07, 6.45) is 3.90. The summed E-state index contributed by atoms with van der Waals surface area (Å²) in [5.74, 6) is -0.138. The largest absolute Gasteiger partial charge is 0.326 e. The number of hydrogen-bond acceptors (Lipinski definition) is 4. The second-order valence-corrected chi connectivity index (χ2v) is 5.35. The van der Waals surface area contributed by atoms with Crippen LogP contribution in [0.3, 0.4) is 0 Å². The molecule has 1 amide bonds. The van der Waals surface area contributed by atoms with E-state index < -0.39 is 0 Å². The first-order valence-electron chi connectivity index (χ1n) is 6.28. The summed E-state index contributed by atoms with van der Waals surface area (Å²) < 4.78 is 0. The van der Waals surface area contributed by atoms with Crippen LogP contribution in [0.25, 0.3) is 0 Å². The number of aryl methyl sites for hydroxylation is 1. The van der Waals surface area contributed by atoms with Gasteiger partial charge in [0.2, 0.25) is 0 Å². The molecule has 0 bridgehead atoms. The monoisotopic (exact) mass is 311 g/mol. The van der Waals surface area contributed by atoms with E-state index in [2.05, 4.69) is 17.2 Å². The molecular formula is C14H18ClN3OS. The van der Waals surface area contributed by atoms with Crippen LogP contribution in [-0.4, -0.2) is 10.9 Å². The number of nitrogens with one attached hydrogen (secondary N) is 1. The van der Waals surface area contributed by atoms with Gasteiger partial charge in [0.15, 0.2) is 5.13 Å². The van der Waals surface area contributed by atoms with E-state index in [4.69, 9.17) is 5.73 Å². The molecule has 0 saturated heterocycles. The Kier molecular flexibility index (Phi) is 6.64. The molecule has 1 aromatic heterocycles. The van der Waals surface area contributed by atoms with Crippen LogP contribution in [0.5, 0.6) is 0 Å². The minimum atomic E-state index is -0.138. The number of anilines is 1. The van der Waals surface area contributed by atoms with Gasteiger partial charge in [-0.05, 0) is 24.1 Å². The van der Waals surface area contributed by atoms with Gasteiger partial charge in [-0.15, -0.1) is 23.7 Å². The SMILES string of the molecule is CCCc1cnc(NC(=O)c2ccc(CN)cc2)s1.Cl. The molecule has 0 fully saturated rings. The number of hydrogen-bond donors (Lipinski definition) is 2. The van der Waals surface area contributed by atoms with Crippen LogP contribution in [0, 0.1) is 0 Å². The third-order valence-electron chi connectivity index (χ3n) is 2.72. The van der Waals surface area contributed by atoms with Crippen LogP contribution >= 0.6 is 23.7 Å². The van der Waals surface area contributed by atoms with Crippen molar-refractivity contribution in [2.24, 2.45) is 5.73 Å². The third-order valence-corrected chi connectivity index (χ3v) is 3.69. The van der Waals surface area contributed by atoms with Gasteiger partial charge in [-0.25, -0.2) is 4.98 Å². The molecular weight excluding hydrogens is 294 g/mol. The van der Waals surface area contributed by atoms with Gasteiger partial charge in [-0.1, -0.05) is 25.5 Å². The van der Waals surface area contributed by atoms with E-state index in [1.54, 1.807) is 12.1 Å². The number of nitrogens with zero attached hydrogens (tertiary/aromatic N) is 1. The fourth-order valence-corrected chi connectivity index (χ4v) is 2.60. The maximum Gasteiger partial charge on any atom is 0.257 e. The maximum absolute atomic E-state index is 12.0. The summed E-state index contributed by atoms with van der Waals surface area (Å²) in [6, 6.07) is 7.27. The Bertz CT molecular complexity index is 554. The zero-order chi connectivity index (χ0) is 13.7. The summed E-state index contributed by atoms with van der Waals surface area (Å²) in [5.41, 5.74) is 7.15. The smallest absolute Gasteiger partial charge is 0.257 e. The lowest BCUT2D eigenvalue weighted by molar-refractivity contribution is 0.102. The van der Waals surface area contributed by atoms with Gasteiger partial charge in [-0.3, -0.25) is 10.1 Å². The Morgan fingerprint density at radius 2 is 2.05 bits per heavy atom. The van der Waals surface area contributed by atoms with Crippen molar-refractivity contribution in [2.45, 2.75) is 26.3 Å². The van der Waals surface area contributed by atoms with Crippen molar-refractivity contribution >= 4 is 34.8 Å². The van der Waals surface area contributed by atoms with Crippen molar-refractivity contribution in [3.63, 3.8) is 0 Å². The highest BCUT2D eigenvalue weighted by atomic mass is 35.5. The second kappa shape index (κ2) is 7.99. The van der Waals surface area contributed by atoms with Crippen molar-refractivity contribution in [1.29, 1.82) is 0 Å². The highest BCUT2D eigenvalue weighted by Gasteiger charge is 2.08. The topological polar surface area (TPSA) is 68.0 Å². The molecule has 1 heterocycles. The molecule has 6 heteroatoms. The Labute approximate surface area is 128 Å².